The molecular formula is C22H27NO. The first-order chi connectivity index (χ1) is 11.6. The zero-order chi connectivity index (χ0) is 17.2. The van der Waals surface area contributed by atoms with Crippen molar-refractivity contribution in [3.05, 3.63) is 70.8 Å². The Kier molecular flexibility index (Phi) is 4.88. The number of benzene rings is 2. The maximum Gasteiger partial charge on any atom is 0.119 e. The lowest BCUT2D eigenvalue weighted by molar-refractivity contribution is 0.00856. The van der Waals surface area contributed by atoms with Crippen LogP contribution in [0, 0.1) is 5.92 Å². The van der Waals surface area contributed by atoms with Gasteiger partial charge in [-0.1, -0.05) is 81.5 Å². The maximum atomic E-state index is 12.0. The molecule has 2 aromatic carbocycles. The summed E-state index contributed by atoms with van der Waals surface area (Å²) in [5.74, 6) is 0.0830. The number of nitrogens with zero attached hydrogens (tertiary/aromatic N) is 1. The molecule has 0 radical (unpaired) electrons. The molecule has 0 aromatic heterocycles. The number of fused-ring (bicyclic) bond motifs is 2. The fourth-order valence-electron chi connectivity index (χ4n) is 3.84. The van der Waals surface area contributed by atoms with Gasteiger partial charge in [0, 0.05) is 12.5 Å². The van der Waals surface area contributed by atoms with E-state index in [-0.39, 0.29) is 5.92 Å². The van der Waals surface area contributed by atoms with Crippen LogP contribution in [0.2, 0.25) is 0 Å². The summed E-state index contributed by atoms with van der Waals surface area (Å²) in [4.78, 5) is 2.38. The highest BCUT2D eigenvalue weighted by molar-refractivity contribution is 5.77. The van der Waals surface area contributed by atoms with Gasteiger partial charge in [-0.2, -0.15) is 0 Å². The van der Waals surface area contributed by atoms with E-state index < -0.39 is 5.60 Å². The summed E-state index contributed by atoms with van der Waals surface area (Å²) in [5, 5.41) is 12.0. The molecule has 0 spiro atoms. The van der Waals surface area contributed by atoms with Gasteiger partial charge in [-0.05, 0) is 35.3 Å². The molecule has 0 fully saturated rings. The monoisotopic (exact) mass is 321 g/mol. The molecule has 3 rings (SSSR count). The van der Waals surface area contributed by atoms with E-state index >= 15 is 0 Å². The largest absolute Gasteiger partial charge is 0.380 e. The summed E-state index contributed by atoms with van der Waals surface area (Å²) in [7, 11) is 0. The van der Waals surface area contributed by atoms with Crippen molar-refractivity contribution in [1.29, 1.82) is 0 Å². The molecule has 2 aromatic rings. The van der Waals surface area contributed by atoms with Crippen molar-refractivity contribution in [2.24, 2.45) is 5.92 Å². The lowest BCUT2D eigenvalue weighted by Gasteiger charge is -2.38. The molecule has 126 valence electrons. The van der Waals surface area contributed by atoms with Crippen LogP contribution in [0.1, 0.15) is 43.0 Å². The second-order valence-corrected chi connectivity index (χ2v) is 6.66. The van der Waals surface area contributed by atoms with Gasteiger partial charge in [-0.25, -0.2) is 0 Å². The van der Waals surface area contributed by atoms with E-state index in [2.05, 4.69) is 62.1 Å². The molecule has 0 amide bonds. The maximum absolute atomic E-state index is 12.0. The Hall–Kier alpha value is -1.90. The zero-order valence-electron chi connectivity index (χ0n) is 14.9. The molecule has 0 bridgehead atoms. The third-order valence-electron chi connectivity index (χ3n) is 5.32. The van der Waals surface area contributed by atoms with Gasteiger partial charge in [0.05, 0.1) is 0 Å². The molecule has 0 saturated heterocycles. The van der Waals surface area contributed by atoms with E-state index in [0.29, 0.717) is 0 Å². The number of aliphatic hydroxyl groups is 1. The van der Waals surface area contributed by atoms with Crippen LogP contribution < -0.4 is 0 Å². The van der Waals surface area contributed by atoms with Crippen LogP contribution in [0.3, 0.4) is 0 Å². The van der Waals surface area contributed by atoms with Gasteiger partial charge in [-0.15, -0.1) is 0 Å². The second kappa shape index (κ2) is 6.92. The predicted octanol–water partition coefficient (Wildman–Crippen LogP) is 4.38. The Morgan fingerprint density at radius 2 is 1.33 bits per heavy atom. The number of hydrogen-bond acceptors (Lipinski definition) is 2. The summed E-state index contributed by atoms with van der Waals surface area (Å²) in [6, 6.07) is 16.4. The Balaban J connectivity index is 2.15. The topological polar surface area (TPSA) is 23.5 Å². The highest BCUT2D eigenvalue weighted by Gasteiger charge is 2.41. The highest BCUT2D eigenvalue weighted by atomic mass is 16.3. The van der Waals surface area contributed by atoms with Gasteiger partial charge in [0.2, 0.25) is 0 Å². The van der Waals surface area contributed by atoms with Gasteiger partial charge in [0.25, 0.3) is 0 Å². The third-order valence-corrected chi connectivity index (χ3v) is 5.32. The molecule has 24 heavy (non-hydrogen) atoms. The van der Waals surface area contributed by atoms with Crippen molar-refractivity contribution in [3.8, 4) is 0 Å². The van der Waals surface area contributed by atoms with E-state index in [0.717, 1.165) is 41.9 Å². The molecule has 1 unspecified atom stereocenters. The fraction of sp³-hybridized carbons (Fsp3) is 0.364. The van der Waals surface area contributed by atoms with Gasteiger partial charge in [0.1, 0.15) is 5.60 Å². The molecular weight excluding hydrogens is 294 g/mol. The standard InChI is InChI=1S/C22H27NO/c1-4-23(5-2)16-17(3)22(24)20-12-8-6-10-18(20)14-15-19-11-7-9-13-21(19)22/h6-15,17,24H,4-5,16H2,1-3H3. The van der Waals surface area contributed by atoms with Crippen LogP contribution in [0.25, 0.3) is 12.2 Å². The minimum Gasteiger partial charge on any atom is -0.380 e. The van der Waals surface area contributed by atoms with E-state index in [1.54, 1.807) is 0 Å². The molecule has 0 aliphatic heterocycles. The fourth-order valence-corrected chi connectivity index (χ4v) is 3.84. The Morgan fingerprint density at radius 3 is 1.79 bits per heavy atom. The van der Waals surface area contributed by atoms with Crippen LogP contribution >= 0.6 is 0 Å². The first-order valence-electron chi connectivity index (χ1n) is 8.93. The Morgan fingerprint density at radius 1 is 0.875 bits per heavy atom. The molecule has 1 N–H and O–H groups in total. The van der Waals surface area contributed by atoms with Crippen LogP contribution in [-0.2, 0) is 5.60 Å². The van der Waals surface area contributed by atoms with E-state index in [1.807, 2.05) is 24.3 Å². The molecule has 0 heterocycles. The summed E-state index contributed by atoms with van der Waals surface area (Å²) in [6.07, 6.45) is 4.24. The van der Waals surface area contributed by atoms with Crippen LogP contribution in [-0.4, -0.2) is 29.6 Å². The average Bonchev–Trinajstić information content (AvgIpc) is 2.76. The molecule has 1 atom stereocenters. The lowest BCUT2D eigenvalue weighted by Crippen LogP contribution is -2.42. The normalized spacial score (nSPS) is 16.4. The van der Waals surface area contributed by atoms with Crippen LogP contribution in [0.15, 0.2) is 48.5 Å². The smallest absolute Gasteiger partial charge is 0.119 e. The van der Waals surface area contributed by atoms with Crippen molar-refractivity contribution in [3.63, 3.8) is 0 Å². The van der Waals surface area contributed by atoms with Crippen molar-refractivity contribution in [2.45, 2.75) is 26.4 Å². The summed E-state index contributed by atoms with van der Waals surface area (Å²) in [5.41, 5.74) is 3.22. The van der Waals surface area contributed by atoms with E-state index in [4.69, 9.17) is 0 Å². The minimum absolute atomic E-state index is 0.0830. The van der Waals surface area contributed by atoms with Crippen molar-refractivity contribution >= 4 is 12.2 Å². The van der Waals surface area contributed by atoms with E-state index in [9.17, 15) is 5.11 Å². The quantitative estimate of drug-likeness (QED) is 0.883. The Bertz CT molecular complexity index is 681. The average molecular weight is 321 g/mol. The Labute approximate surface area is 145 Å². The summed E-state index contributed by atoms with van der Waals surface area (Å²) >= 11 is 0. The molecule has 1 aliphatic rings. The number of rotatable bonds is 5. The van der Waals surface area contributed by atoms with Gasteiger partial charge >= 0.3 is 0 Å². The van der Waals surface area contributed by atoms with E-state index in [1.165, 1.54) is 0 Å². The first kappa shape index (κ1) is 16.9. The lowest BCUT2D eigenvalue weighted by atomic mass is 9.74. The second-order valence-electron chi connectivity index (χ2n) is 6.66. The van der Waals surface area contributed by atoms with Crippen LogP contribution in [0.5, 0.6) is 0 Å². The SMILES string of the molecule is CCN(CC)CC(C)C1(O)c2ccccc2C=Cc2ccccc21. The molecule has 0 saturated carbocycles. The van der Waals surface area contributed by atoms with Gasteiger partial charge in [0.15, 0.2) is 0 Å². The van der Waals surface area contributed by atoms with Gasteiger partial charge in [-0.3, -0.25) is 0 Å². The minimum atomic E-state index is -0.987. The zero-order valence-corrected chi connectivity index (χ0v) is 14.9. The number of hydrogen-bond donors (Lipinski definition) is 1. The molecule has 1 aliphatic carbocycles. The predicted molar refractivity (Wildman–Crippen MR) is 102 cm³/mol. The van der Waals surface area contributed by atoms with Crippen molar-refractivity contribution in [2.75, 3.05) is 19.6 Å². The third kappa shape index (κ3) is 2.81. The van der Waals surface area contributed by atoms with Crippen molar-refractivity contribution in [1.82, 2.24) is 4.90 Å². The summed E-state index contributed by atoms with van der Waals surface area (Å²) < 4.78 is 0. The first-order valence-corrected chi connectivity index (χ1v) is 8.93. The highest BCUT2D eigenvalue weighted by Crippen LogP contribution is 2.43. The van der Waals surface area contributed by atoms with Gasteiger partial charge < -0.3 is 10.0 Å². The summed E-state index contributed by atoms with van der Waals surface area (Å²) in [6.45, 7) is 9.38. The molecule has 2 nitrogen and oxygen atoms in total. The van der Waals surface area contributed by atoms with Crippen LogP contribution in [0.4, 0.5) is 0 Å². The molecule has 2 heteroatoms. The van der Waals surface area contributed by atoms with Crippen molar-refractivity contribution < 1.29 is 5.11 Å².